The summed E-state index contributed by atoms with van der Waals surface area (Å²) in [5, 5.41) is 13.3. The molecule has 0 radical (unpaired) electrons. The number of non-ortho nitro benzene ring substituents is 1. The van der Waals surface area contributed by atoms with E-state index >= 15 is 4.39 Å². The highest BCUT2D eigenvalue weighted by atomic mass is 32.1. The molecule has 12 heteroatoms. The van der Waals surface area contributed by atoms with E-state index in [4.69, 9.17) is 15.2 Å². The number of nitro groups is 1. The fourth-order valence-corrected chi connectivity index (χ4v) is 6.87. The Labute approximate surface area is 256 Å². The van der Waals surface area contributed by atoms with E-state index in [2.05, 4.69) is 0 Å². The zero-order valence-electron chi connectivity index (χ0n) is 24.2. The van der Waals surface area contributed by atoms with Gasteiger partial charge in [0.15, 0.2) is 5.78 Å². The molecule has 2 aromatic carbocycles. The largest absolute Gasteiger partial charge is 0.465 e. The maximum atomic E-state index is 15.6. The van der Waals surface area contributed by atoms with Crippen molar-refractivity contribution in [3.05, 3.63) is 115 Å². The van der Waals surface area contributed by atoms with Gasteiger partial charge in [0.05, 0.1) is 35.3 Å². The third kappa shape index (κ3) is 5.25. The van der Waals surface area contributed by atoms with Crippen LogP contribution in [0, 0.1) is 28.8 Å². The summed E-state index contributed by atoms with van der Waals surface area (Å²) in [4.78, 5) is 55.0. The Morgan fingerprint density at radius 3 is 2.45 bits per heavy atom. The molecule has 228 valence electrons. The fraction of sp³-hybridized carbons (Fsp3) is 0.281. The predicted octanol–water partition coefficient (Wildman–Crippen LogP) is 5.63. The van der Waals surface area contributed by atoms with E-state index in [1.165, 1.54) is 52.6 Å². The van der Waals surface area contributed by atoms with Gasteiger partial charge in [0.1, 0.15) is 17.6 Å². The van der Waals surface area contributed by atoms with Gasteiger partial charge in [-0.3, -0.25) is 24.6 Å². The van der Waals surface area contributed by atoms with Crippen molar-refractivity contribution in [2.24, 2.45) is 11.7 Å². The molecule has 1 aliphatic heterocycles. The van der Waals surface area contributed by atoms with Crippen LogP contribution in [0.2, 0.25) is 0 Å². The lowest BCUT2D eigenvalue weighted by Crippen LogP contribution is -2.46. The molecule has 2 heterocycles. The fourth-order valence-electron chi connectivity index (χ4n) is 6.01. The van der Waals surface area contributed by atoms with Crippen LogP contribution in [0.5, 0.6) is 0 Å². The van der Waals surface area contributed by atoms with Crippen LogP contribution in [-0.2, 0) is 23.9 Å². The van der Waals surface area contributed by atoms with Gasteiger partial charge in [0.2, 0.25) is 0 Å². The number of anilines is 1. The molecule has 2 N–H and O–H groups in total. The smallest absolute Gasteiger partial charge is 0.338 e. The number of ether oxygens (including phenoxy) is 2. The number of hydrogen-bond acceptors (Lipinski definition) is 10. The standard InChI is InChI=1S/C32H30FN3O7S/c1-4-42-31(38)26-20(24-11-8-14-44-24)16-23-27(29(26)37)25(19-9-6-7-10-21(19)33)28(32(39)43-5-2)30(34)35(23)22-13-12-18(36(40)41)15-17(22)3/h6-15,20,25-26H,4-5,16,34H2,1-3H3/t20-,25+,26+/m0/s1. The molecule has 0 fully saturated rings. The van der Waals surface area contributed by atoms with Gasteiger partial charge in [0, 0.05) is 39.8 Å². The van der Waals surface area contributed by atoms with Crippen LogP contribution in [-0.4, -0.2) is 35.9 Å². The monoisotopic (exact) mass is 619 g/mol. The number of carbonyl (C=O) groups excluding carboxylic acids is 3. The minimum Gasteiger partial charge on any atom is -0.465 e. The van der Waals surface area contributed by atoms with E-state index in [0.29, 0.717) is 16.9 Å². The van der Waals surface area contributed by atoms with E-state index in [1.54, 1.807) is 26.8 Å². The van der Waals surface area contributed by atoms with Gasteiger partial charge in [-0.1, -0.05) is 24.3 Å². The summed E-state index contributed by atoms with van der Waals surface area (Å²) in [7, 11) is 0. The third-order valence-corrected chi connectivity index (χ3v) is 8.84. The van der Waals surface area contributed by atoms with Crippen LogP contribution in [0.4, 0.5) is 15.8 Å². The number of nitro benzene ring substituents is 1. The lowest BCUT2D eigenvalue weighted by Gasteiger charge is -2.44. The molecule has 0 amide bonds. The summed E-state index contributed by atoms with van der Waals surface area (Å²) < 4.78 is 26.3. The van der Waals surface area contributed by atoms with Gasteiger partial charge in [-0.2, -0.15) is 0 Å². The maximum Gasteiger partial charge on any atom is 0.338 e. The van der Waals surface area contributed by atoms with Crippen LogP contribution in [0.15, 0.2) is 82.6 Å². The molecule has 3 aromatic rings. The van der Waals surface area contributed by atoms with Crippen LogP contribution in [0.1, 0.15) is 48.1 Å². The Hall–Kier alpha value is -4.84. The van der Waals surface area contributed by atoms with Gasteiger partial charge < -0.3 is 15.2 Å². The van der Waals surface area contributed by atoms with Gasteiger partial charge >= 0.3 is 11.9 Å². The molecule has 44 heavy (non-hydrogen) atoms. The van der Waals surface area contributed by atoms with Crippen LogP contribution < -0.4 is 10.6 Å². The van der Waals surface area contributed by atoms with Crippen molar-refractivity contribution in [2.75, 3.05) is 18.1 Å². The molecule has 5 rings (SSSR count). The average Bonchev–Trinajstić information content (AvgIpc) is 3.52. The van der Waals surface area contributed by atoms with Gasteiger partial charge in [0.25, 0.3) is 5.69 Å². The van der Waals surface area contributed by atoms with Crippen molar-refractivity contribution in [3.8, 4) is 0 Å². The summed E-state index contributed by atoms with van der Waals surface area (Å²) in [5.41, 5.74) is 7.65. The first-order chi connectivity index (χ1) is 21.1. The molecular weight excluding hydrogens is 589 g/mol. The van der Waals surface area contributed by atoms with E-state index in [9.17, 15) is 24.5 Å². The molecule has 10 nitrogen and oxygen atoms in total. The van der Waals surface area contributed by atoms with Crippen LogP contribution in [0.3, 0.4) is 0 Å². The number of esters is 2. The number of carbonyl (C=O) groups is 3. The Morgan fingerprint density at radius 2 is 1.84 bits per heavy atom. The summed E-state index contributed by atoms with van der Waals surface area (Å²) in [6.07, 6.45) is 0.100. The summed E-state index contributed by atoms with van der Waals surface area (Å²) >= 11 is 1.37. The number of nitrogens with two attached hydrogens (primary N) is 1. The van der Waals surface area contributed by atoms with Crippen LogP contribution >= 0.6 is 11.3 Å². The van der Waals surface area contributed by atoms with E-state index in [1.807, 2.05) is 17.5 Å². The SMILES string of the molecule is CCOC(=O)C1=C(N)N(c2ccc([N+](=O)[O-])cc2C)C2=C(C(=O)[C@H](C(=O)OCC)[C@H](c3cccs3)C2)[C@H]1c1ccccc1F. The normalized spacial score (nSPS) is 20.0. The van der Waals surface area contributed by atoms with Gasteiger partial charge in [-0.05, 0) is 56.3 Å². The zero-order valence-corrected chi connectivity index (χ0v) is 25.1. The number of thiophene rings is 1. The van der Waals surface area contributed by atoms with Crippen molar-refractivity contribution >= 4 is 40.4 Å². The molecule has 0 unspecified atom stereocenters. The van der Waals surface area contributed by atoms with E-state index in [-0.39, 0.29) is 47.9 Å². The van der Waals surface area contributed by atoms with E-state index in [0.717, 1.165) is 4.88 Å². The highest BCUT2D eigenvalue weighted by molar-refractivity contribution is 7.10. The quantitative estimate of drug-likeness (QED) is 0.147. The minimum atomic E-state index is -1.30. The molecular formula is C32H30FN3O7S. The Bertz CT molecular complexity index is 1720. The first kappa shape index (κ1) is 30.6. The third-order valence-electron chi connectivity index (χ3n) is 7.83. The Balaban J connectivity index is 1.85. The van der Waals surface area contributed by atoms with Crippen molar-refractivity contribution in [1.29, 1.82) is 0 Å². The second-order valence-corrected chi connectivity index (χ2v) is 11.3. The first-order valence-corrected chi connectivity index (χ1v) is 14.9. The molecule has 0 spiro atoms. The number of aryl methyl sites for hydroxylation is 1. The molecule has 2 aliphatic rings. The van der Waals surface area contributed by atoms with E-state index < -0.39 is 46.2 Å². The summed E-state index contributed by atoms with van der Waals surface area (Å²) in [6, 6.07) is 13.5. The van der Waals surface area contributed by atoms with Crippen molar-refractivity contribution in [3.63, 3.8) is 0 Å². The number of Topliss-reactive ketones (excluding diaryl/α,β-unsaturated/α-hetero) is 1. The molecule has 0 saturated carbocycles. The molecule has 3 atom stereocenters. The van der Waals surface area contributed by atoms with Crippen molar-refractivity contribution in [2.45, 2.75) is 39.0 Å². The van der Waals surface area contributed by atoms with Crippen molar-refractivity contribution in [1.82, 2.24) is 0 Å². The molecule has 0 bridgehead atoms. The first-order valence-electron chi connectivity index (χ1n) is 14.0. The number of allylic oxidation sites excluding steroid dienone is 2. The molecule has 1 aromatic heterocycles. The summed E-state index contributed by atoms with van der Waals surface area (Å²) in [6.45, 7) is 4.90. The topological polar surface area (TPSA) is 142 Å². The number of benzene rings is 2. The number of nitrogens with zero attached hydrogens (tertiary/aromatic N) is 2. The zero-order chi connectivity index (χ0) is 31.7. The second kappa shape index (κ2) is 12.4. The summed E-state index contributed by atoms with van der Waals surface area (Å²) in [5.74, 6) is -6.24. The number of hydrogen-bond donors (Lipinski definition) is 1. The number of rotatable bonds is 8. The lowest BCUT2D eigenvalue weighted by atomic mass is 9.68. The lowest BCUT2D eigenvalue weighted by molar-refractivity contribution is -0.384. The molecule has 0 saturated heterocycles. The minimum absolute atomic E-state index is 0.0102. The highest BCUT2D eigenvalue weighted by Crippen LogP contribution is 2.52. The Kier molecular flexibility index (Phi) is 8.63. The maximum absolute atomic E-state index is 15.6. The Morgan fingerprint density at radius 1 is 1.11 bits per heavy atom. The number of halogens is 1. The van der Waals surface area contributed by atoms with Crippen molar-refractivity contribution < 1.29 is 33.2 Å². The molecule has 1 aliphatic carbocycles. The van der Waals surface area contributed by atoms with Gasteiger partial charge in [-0.15, -0.1) is 11.3 Å². The van der Waals surface area contributed by atoms with Gasteiger partial charge in [-0.25, -0.2) is 9.18 Å². The average molecular weight is 620 g/mol. The predicted molar refractivity (Wildman–Crippen MR) is 161 cm³/mol. The number of ketones is 1. The highest BCUT2D eigenvalue weighted by Gasteiger charge is 2.52. The van der Waals surface area contributed by atoms with Crippen LogP contribution in [0.25, 0.3) is 0 Å². The second-order valence-electron chi connectivity index (χ2n) is 10.3.